The molecule has 50 valence electrons. The molecule has 0 bridgehead atoms. The summed E-state index contributed by atoms with van der Waals surface area (Å²) in [6.45, 7) is 0. The summed E-state index contributed by atoms with van der Waals surface area (Å²) in [6.07, 6.45) is 4.78. The van der Waals surface area contributed by atoms with Crippen LogP contribution in [0, 0.1) is 0 Å². The SMILES string of the molecule is c1nc(-c2cnsc2)co1. The summed E-state index contributed by atoms with van der Waals surface area (Å²) >= 11 is 1.41. The summed E-state index contributed by atoms with van der Waals surface area (Å²) < 4.78 is 8.74. The third-order valence-electron chi connectivity index (χ3n) is 1.16. The van der Waals surface area contributed by atoms with Crippen molar-refractivity contribution in [2.45, 2.75) is 0 Å². The fourth-order valence-electron chi connectivity index (χ4n) is 0.686. The van der Waals surface area contributed by atoms with Gasteiger partial charge in [-0.25, -0.2) is 9.36 Å². The molecule has 2 heterocycles. The summed E-state index contributed by atoms with van der Waals surface area (Å²) in [5.74, 6) is 0. The molecule has 0 saturated heterocycles. The van der Waals surface area contributed by atoms with Gasteiger partial charge in [-0.3, -0.25) is 0 Å². The Bertz CT molecular complexity index is 255. The van der Waals surface area contributed by atoms with Crippen LogP contribution in [0.5, 0.6) is 0 Å². The van der Waals surface area contributed by atoms with E-state index in [2.05, 4.69) is 9.36 Å². The van der Waals surface area contributed by atoms with Crippen LogP contribution >= 0.6 is 11.5 Å². The Hall–Kier alpha value is -1.16. The predicted molar refractivity (Wildman–Crippen MR) is 37.6 cm³/mol. The Morgan fingerprint density at radius 3 is 3.10 bits per heavy atom. The van der Waals surface area contributed by atoms with E-state index in [1.165, 1.54) is 17.9 Å². The maximum Gasteiger partial charge on any atom is 0.181 e. The van der Waals surface area contributed by atoms with Crippen molar-refractivity contribution in [2.24, 2.45) is 0 Å². The molecule has 0 aliphatic rings. The van der Waals surface area contributed by atoms with Crippen LogP contribution in [0.2, 0.25) is 0 Å². The first kappa shape index (κ1) is 5.61. The van der Waals surface area contributed by atoms with E-state index in [1.54, 1.807) is 12.5 Å². The molecule has 0 spiro atoms. The van der Waals surface area contributed by atoms with Gasteiger partial charge in [0.15, 0.2) is 6.39 Å². The van der Waals surface area contributed by atoms with Gasteiger partial charge in [-0.1, -0.05) is 0 Å². The normalized spacial score (nSPS) is 10.0. The fraction of sp³-hybridized carbons (Fsp3) is 0. The van der Waals surface area contributed by atoms with Crippen LogP contribution < -0.4 is 0 Å². The van der Waals surface area contributed by atoms with Crippen LogP contribution in [0.25, 0.3) is 11.3 Å². The van der Waals surface area contributed by atoms with E-state index < -0.39 is 0 Å². The second-order valence-electron chi connectivity index (χ2n) is 1.79. The zero-order chi connectivity index (χ0) is 6.81. The first-order valence-corrected chi connectivity index (χ1v) is 3.58. The van der Waals surface area contributed by atoms with E-state index in [0.717, 1.165) is 11.3 Å². The van der Waals surface area contributed by atoms with Crippen LogP contribution in [0.1, 0.15) is 0 Å². The van der Waals surface area contributed by atoms with Gasteiger partial charge in [0.1, 0.15) is 12.0 Å². The smallest absolute Gasteiger partial charge is 0.181 e. The summed E-state index contributed by atoms with van der Waals surface area (Å²) in [5, 5.41) is 1.93. The standard InChI is InChI=1S/C6H4N2OS/c1-5(3-10-8-1)6-2-9-4-7-6/h1-4H. The average molecular weight is 152 g/mol. The van der Waals surface area contributed by atoms with Gasteiger partial charge in [-0.05, 0) is 11.5 Å². The molecular formula is C6H4N2OS. The molecule has 2 rings (SSSR count). The van der Waals surface area contributed by atoms with Crippen molar-refractivity contribution < 1.29 is 4.42 Å². The second-order valence-corrected chi connectivity index (χ2v) is 2.44. The molecule has 0 saturated carbocycles. The van der Waals surface area contributed by atoms with Gasteiger partial charge >= 0.3 is 0 Å². The highest BCUT2D eigenvalue weighted by Gasteiger charge is 1.99. The van der Waals surface area contributed by atoms with Gasteiger partial charge in [0.25, 0.3) is 0 Å². The highest BCUT2D eigenvalue weighted by Crippen LogP contribution is 2.16. The summed E-state index contributed by atoms with van der Waals surface area (Å²) in [6, 6.07) is 0. The van der Waals surface area contributed by atoms with E-state index in [-0.39, 0.29) is 0 Å². The van der Waals surface area contributed by atoms with Gasteiger partial charge < -0.3 is 4.42 Å². The number of aromatic nitrogens is 2. The van der Waals surface area contributed by atoms with Crippen molar-refractivity contribution in [3.63, 3.8) is 0 Å². The molecular weight excluding hydrogens is 148 g/mol. The van der Waals surface area contributed by atoms with Crippen molar-refractivity contribution in [3.05, 3.63) is 24.2 Å². The minimum atomic E-state index is 0.841. The highest BCUT2D eigenvalue weighted by atomic mass is 32.1. The van der Waals surface area contributed by atoms with Crippen LogP contribution in [0.4, 0.5) is 0 Å². The number of hydrogen-bond donors (Lipinski definition) is 0. The third-order valence-corrected chi connectivity index (χ3v) is 1.75. The molecule has 0 aromatic carbocycles. The zero-order valence-corrected chi connectivity index (χ0v) is 5.84. The first-order valence-electron chi connectivity index (χ1n) is 2.75. The lowest BCUT2D eigenvalue weighted by Crippen LogP contribution is -1.68. The molecule has 0 amide bonds. The monoisotopic (exact) mass is 152 g/mol. The Morgan fingerprint density at radius 1 is 1.50 bits per heavy atom. The lowest BCUT2D eigenvalue weighted by molar-refractivity contribution is 0.558. The fourth-order valence-corrected chi connectivity index (χ4v) is 1.22. The zero-order valence-electron chi connectivity index (χ0n) is 5.02. The molecule has 0 unspecified atom stereocenters. The number of oxazole rings is 1. The molecule has 3 nitrogen and oxygen atoms in total. The van der Waals surface area contributed by atoms with Crippen LogP contribution in [-0.4, -0.2) is 9.36 Å². The van der Waals surface area contributed by atoms with Crippen molar-refractivity contribution in [2.75, 3.05) is 0 Å². The van der Waals surface area contributed by atoms with Crippen molar-refractivity contribution in [3.8, 4) is 11.3 Å². The van der Waals surface area contributed by atoms with E-state index in [4.69, 9.17) is 4.42 Å². The lowest BCUT2D eigenvalue weighted by Gasteiger charge is -1.80. The lowest BCUT2D eigenvalue weighted by atomic mass is 10.3. The van der Waals surface area contributed by atoms with Crippen molar-refractivity contribution in [1.29, 1.82) is 0 Å². The second kappa shape index (κ2) is 2.22. The predicted octanol–water partition coefficient (Wildman–Crippen LogP) is 1.80. The molecule has 0 fully saturated rings. The molecule has 0 N–H and O–H groups in total. The molecule has 2 aromatic heterocycles. The minimum Gasteiger partial charge on any atom is -0.451 e. The Balaban J connectivity index is 2.48. The largest absolute Gasteiger partial charge is 0.451 e. The number of hydrogen-bond acceptors (Lipinski definition) is 4. The molecule has 0 aliphatic carbocycles. The topological polar surface area (TPSA) is 38.9 Å². The Kier molecular flexibility index (Phi) is 1.25. The maximum atomic E-state index is 4.80. The van der Waals surface area contributed by atoms with Crippen LogP contribution in [-0.2, 0) is 0 Å². The molecule has 0 aliphatic heterocycles. The van der Waals surface area contributed by atoms with E-state index in [1.807, 2.05) is 5.38 Å². The van der Waals surface area contributed by atoms with E-state index in [9.17, 15) is 0 Å². The molecule has 4 heteroatoms. The van der Waals surface area contributed by atoms with Crippen LogP contribution in [0.3, 0.4) is 0 Å². The van der Waals surface area contributed by atoms with Gasteiger partial charge in [0.2, 0.25) is 0 Å². The van der Waals surface area contributed by atoms with Gasteiger partial charge in [0, 0.05) is 10.9 Å². The average Bonchev–Trinajstić information content (AvgIpc) is 2.59. The number of rotatable bonds is 1. The summed E-state index contributed by atoms with van der Waals surface area (Å²) in [4.78, 5) is 3.96. The number of nitrogens with zero attached hydrogens (tertiary/aromatic N) is 2. The quantitative estimate of drug-likeness (QED) is 0.625. The molecule has 2 aromatic rings. The van der Waals surface area contributed by atoms with Crippen LogP contribution in [0.15, 0.2) is 28.7 Å². The molecule has 0 atom stereocenters. The van der Waals surface area contributed by atoms with Gasteiger partial charge in [-0.2, -0.15) is 0 Å². The minimum absolute atomic E-state index is 0.841. The summed E-state index contributed by atoms with van der Waals surface area (Å²) in [7, 11) is 0. The highest BCUT2D eigenvalue weighted by molar-refractivity contribution is 7.03. The van der Waals surface area contributed by atoms with Crippen molar-refractivity contribution >= 4 is 11.5 Å². The maximum absolute atomic E-state index is 4.80. The molecule has 0 radical (unpaired) electrons. The van der Waals surface area contributed by atoms with Gasteiger partial charge in [0.05, 0.1) is 6.20 Å². The van der Waals surface area contributed by atoms with E-state index >= 15 is 0 Å². The van der Waals surface area contributed by atoms with Crippen molar-refractivity contribution in [1.82, 2.24) is 9.36 Å². The van der Waals surface area contributed by atoms with E-state index in [0.29, 0.717) is 0 Å². The van der Waals surface area contributed by atoms with Gasteiger partial charge in [-0.15, -0.1) is 0 Å². The first-order chi connectivity index (χ1) is 4.97. The Morgan fingerprint density at radius 2 is 2.50 bits per heavy atom. The summed E-state index contributed by atoms with van der Waals surface area (Å²) in [5.41, 5.74) is 1.85. The molecule has 10 heavy (non-hydrogen) atoms. The Labute approximate surface area is 61.5 Å². The third kappa shape index (κ3) is 0.823.